The van der Waals surface area contributed by atoms with Gasteiger partial charge in [-0.05, 0) is 31.7 Å². The SMILES string of the molecule is CCCCN(CC1CCCN1)S(=O)(=O)CC(C)C. The fourth-order valence-electron chi connectivity index (χ4n) is 2.36. The first-order valence-electron chi connectivity index (χ1n) is 7.17. The molecule has 0 aromatic rings. The second-order valence-electron chi connectivity index (χ2n) is 5.68. The highest BCUT2D eigenvalue weighted by Gasteiger charge is 2.26. The predicted octanol–water partition coefficient (Wildman–Crippen LogP) is 1.83. The molecule has 1 fully saturated rings. The second-order valence-corrected chi connectivity index (χ2v) is 7.69. The topological polar surface area (TPSA) is 49.4 Å². The van der Waals surface area contributed by atoms with E-state index in [1.54, 1.807) is 4.31 Å². The van der Waals surface area contributed by atoms with E-state index in [1.165, 1.54) is 0 Å². The monoisotopic (exact) mass is 276 g/mol. The maximum atomic E-state index is 12.3. The first-order valence-corrected chi connectivity index (χ1v) is 8.77. The average Bonchev–Trinajstić information content (AvgIpc) is 2.74. The Hall–Kier alpha value is -0.130. The minimum absolute atomic E-state index is 0.190. The molecular formula is C13H28N2O2S. The van der Waals surface area contributed by atoms with E-state index in [9.17, 15) is 8.42 Å². The summed E-state index contributed by atoms with van der Waals surface area (Å²) in [4.78, 5) is 0. The van der Waals surface area contributed by atoms with Gasteiger partial charge in [0.1, 0.15) is 0 Å². The molecule has 1 rings (SSSR count). The van der Waals surface area contributed by atoms with Crippen molar-refractivity contribution < 1.29 is 8.42 Å². The van der Waals surface area contributed by atoms with E-state index in [2.05, 4.69) is 12.2 Å². The van der Waals surface area contributed by atoms with E-state index < -0.39 is 10.0 Å². The Balaban J connectivity index is 2.63. The van der Waals surface area contributed by atoms with Crippen LogP contribution in [0.4, 0.5) is 0 Å². The number of rotatable bonds is 8. The van der Waals surface area contributed by atoms with Gasteiger partial charge in [0, 0.05) is 19.1 Å². The van der Waals surface area contributed by atoms with Crippen molar-refractivity contribution in [3.8, 4) is 0 Å². The first kappa shape index (κ1) is 15.9. The number of hydrogen-bond acceptors (Lipinski definition) is 3. The summed E-state index contributed by atoms with van der Waals surface area (Å²) < 4.78 is 26.4. The van der Waals surface area contributed by atoms with E-state index >= 15 is 0 Å². The zero-order valence-electron chi connectivity index (χ0n) is 12.0. The van der Waals surface area contributed by atoms with Crippen molar-refractivity contribution >= 4 is 10.0 Å². The van der Waals surface area contributed by atoms with Gasteiger partial charge in [-0.1, -0.05) is 27.2 Å². The van der Waals surface area contributed by atoms with Gasteiger partial charge in [-0.3, -0.25) is 0 Å². The molecule has 18 heavy (non-hydrogen) atoms. The Morgan fingerprint density at radius 2 is 2.11 bits per heavy atom. The molecule has 1 unspecified atom stereocenters. The van der Waals surface area contributed by atoms with E-state index in [4.69, 9.17) is 0 Å². The minimum atomic E-state index is -3.09. The Bertz CT molecular complexity index is 322. The number of unbranched alkanes of at least 4 members (excludes halogenated alkanes) is 1. The van der Waals surface area contributed by atoms with Gasteiger partial charge >= 0.3 is 0 Å². The van der Waals surface area contributed by atoms with Crippen LogP contribution < -0.4 is 5.32 Å². The van der Waals surface area contributed by atoms with Crippen molar-refractivity contribution in [1.29, 1.82) is 0 Å². The van der Waals surface area contributed by atoms with Crippen LogP contribution in [0, 0.1) is 5.92 Å². The van der Waals surface area contributed by atoms with Gasteiger partial charge in [0.25, 0.3) is 0 Å². The van der Waals surface area contributed by atoms with Crippen LogP contribution in [0.5, 0.6) is 0 Å². The predicted molar refractivity (Wildman–Crippen MR) is 76.1 cm³/mol. The molecule has 0 amide bonds. The fraction of sp³-hybridized carbons (Fsp3) is 1.00. The zero-order valence-corrected chi connectivity index (χ0v) is 12.8. The van der Waals surface area contributed by atoms with Crippen LogP contribution >= 0.6 is 0 Å². The molecule has 1 N–H and O–H groups in total. The van der Waals surface area contributed by atoms with Gasteiger partial charge in [0.05, 0.1) is 5.75 Å². The quantitative estimate of drug-likeness (QED) is 0.736. The van der Waals surface area contributed by atoms with Crippen LogP contribution in [0.1, 0.15) is 46.5 Å². The van der Waals surface area contributed by atoms with E-state index in [0.717, 1.165) is 32.2 Å². The Morgan fingerprint density at radius 1 is 1.39 bits per heavy atom. The first-order chi connectivity index (χ1) is 8.45. The van der Waals surface area contributed by atoms with Crippen molar-refractivity contribution in [3.63, 3.8) is 0 Å². The van der Waals surface area contributed by atoms with E-state index in [1.807, 2.05) is 13.8 Å². The van der Waals surface area contributed by atoms with Crippen molar-refractivity contribution in [2.45, 2.75) is 52.5 Å². The van der Waals surface area contributed by atoms with E-state index in [-0.39, 0.29) is 11.7 Å². The Labute approximate surface area is 112 Å². The molecule has 0 aliphatic carbocycles. The Kier molecular flexibility index (Phi) is 6.60. The summed E-state index contributed by atoms with van der Waals surface area (Å²) in [6, 6.07) is 0.351. The van der Waals surface area contributed by atoms with Crippen LogP contribution in [0.15, 0.2) is 0 Å². The van der Waals surface area contributed by atoms with Crippen molar-refractivity contribution in [3.05, 3.63) is 0 Å². The molecule has 0 aromatic carbocycles. The third kappa shape index (κ3) is 5.24. The van der Waals surface area contributed by atoms with Gasteiger partial charge in [0.2, 0.25) is 10.0 Å². The zero-order chi connectivity index (χ0) is 13.6. The average molecular weight is 276 g/mol. The molecular weight excluding hydrogens is 248 g/mol. The summed E-state index contributed by atoms with van der Waals surface area (Å²) in [5, 5.41) is 3.38. The smallest absolute Gasteiger partial charge is 0.214 e. The lowest BCUT2D eigenvalue weighted by atomic mass is 10.2. The summed E-state index contributed by atoms with van der Waals surface area (Å²) in [7, 11) is -3.09. The molecule has 1 saturated heterocycles. The van der Waals surface area contributed by atoms with Crippen LogP contribution in [0.3, 0.4) is 0 Å². The Morgan fingerprint density at radius 3 is 2.61 bits per heavy atom. The minimum Gasteiger partial charge on any atom is -0.313 e. The number of sulfonamides is 1. The van der Waals surface area contributed by atoms with Gasteiger partial charge < -0.3 is 5.32 Å². The highest BCUT2D eigenvalue weighted by molar-refractivity contribution is 7.89. The molecule has 5 heteroatoms. The highest BCUT2D eigenvalue weighted by Crippen LogP contribution is 2.13. The number of nitrogens with zero attached hydrogens (tertiary/aromatic N) is 1. The summed E-state index contributed by atoms with van der Waals surface area (Å²) in [5.41, 5.74) is 0. The maximum Gasteiger partial charge on any atom is 0.214 e. The second kappa shape index (κ2) is 7.46. The van der Waals surface area contributed by atoms with Crippen molar-refractivity contribution in [1.82, 2.24) is 9.62 Å². The molecule has 1 atom stereocenters. The number of hydrogen-bond donors (Lipinski definition) is 1. The molecule has 0 aromatic heterocycles. The van der Waals surface area contributed by atoms with Crippen LogP contribution in [0.25, 0.3) is 0 Å². The molecule has 4 nitrogen and oxygen atoms in total. The molecule has 1 aliphatic rings. The highest BCUT2D eigenvalue weighted by atomic mass is 32.2. The summed E-state index contributed by atoms with van der Waals surface area (Å²) in [6.45, 7) is 8.36. The van der Waals surface area contributed by atoms with Gasteiger partial charge in [0.15, 0.2) is 0 Å². The molecule has 1 heterocycles. The van der Waals surface area contributed by atoms with Gasteiger partial charge in [-0.15, -0.1) is 0 Å². The van der Waals surface area contributed by atoms with Crippen LogP contribution in [-0.2, 0) is 10.0 Å². The summed E-state index contributed by atoms with van der Waals surface area (Å²) >= 11 is 0. The molecule has 0 spiro atoms. The third-order valence-electron chi connectivity index (χ3n) is 3.28. The van der Waals surface area contributed by atoms with Crippen LogP contribution in [-0.4, -0.2) is 44.2 Å². The molecule has 1 aliphatic heterocycles. The fourth-order valence-corrected chi connectivity index (χ4v) is 4.23. The molecule has 0 radical (unpaired) electrons. The molecule has 108 valence electrons. The molecule has 0 bridgehead atoms. The lowest BCUT2D eigenvalue weighted by Gasteiger charge is -2.26. The summed E-state index contributed by atoms with van der Waals surface area (Å²) in [5.74, 6) is 0.458. The lowest BCUT2D eigenvalue weighted by molar-refractivity contribution is 0.361. The lowest BCUT2D eigenvalue weighted by Crippen LogP contribution is -2.43. The third-order valence-corrected chi connectivity index (χ3v) is 5.49. The van der Waals surface area contributed by atoms with Crippen molar-refractivity contribution in [2.75, 3.05) is 25.4 Å². The normalized spacial score (nSPS) is 21.1. The van der Waals surface area contributed by atoms with Gasteiger partial charge in [-0.25, -0.2) is 12.7 Å². The maximum absolute atomic E-state index is 12.3. The summed E-state index contributed by atoms with van der Waals surface area (Å²) in [6.07, 6.45) is 4.24. The van der Waals surface area contributed by atoms with Crippen LogP contribution in [0.2, 0.25) is 0 Å². The van der Waals surface area contributed by atoms with E-state index in [0.29, 0.717) is 19.1 Å². The van der Waals surface area contributed by atoms with Gasteiger partial charge in [-0.2, -0.15) is 0 Å². The van der Waals surface area contributed by atoms with Crippen molar-refractivity contribution in [2.24, 2.45) is 5.92 Å². The standard InChI is InChI=1S/C13H28N2O2S/c1-4-5-9-15(10-13-7-6-8-14-13)18(16,17)11-12(2)3/h12-14H,4-11H2,1-3H3. The largest absolute Gasteiger partial charge is 0.313 e. The molecule has 0 saturated carbocycles. The number of nitrogens with one attached hydrogen (secondary N) is 1.